The maximum Gasteiger partial charge on any atom is 0.254 e. The van der Waals surface area contributed by atoms with Crippen LogP contribution >= 0.6 is 0 Å². The number of hydrogen-bond acceptors (Lipinski definition) is 11. The Labute approximate surface area is 368 Å². The molecular formula is C48H59FN6O8. The van der Waals surface area contributed by atoms with Crippen LogP contribution in [0.2, 0.25) is 0 Å². The maximum atomic E-state index is 15.1. The molecule has 4 aliphatic rings. The van der Waals surface area contributed by atoms with Gasteiger partial charge in [-0.25, -0.2) is 4.39 Å². The Morgan fingerprint density at radius 1 is 0.968 bits per heavy atom. The number of piperidine rings is 1. The number of nitrogens with one attached hydrogen (secondary N) is 3. The zero-order chi connectivity index (χ0) is 45.2. The molecule has 14 nitrogen and oxygen atoms in total. The lowest BCUT2D eigenvalue weighted by Gasteiger charge is -2.63. The van der Waals surface area contributed by atoms with Crippen molar-refractivity contribution in [3.63, 3.8) is 0 Å². The summed E-state index contributed by atoms with van der Waals surface area (Å²) in [5, 5.41) is 17.5. The SMILES string of the molecule is COCCN(C[C@@H]1CN(c2ccc(C(=O)N[C@H]3C(C)(C)[C@H](Oc4cc(C)c(C#N)c(C)c4)C3(C)C)cc2)CCO1)[C@H]1C[C@@H](Oc2ccc(C(=O)N[C@H]3CCC(=O)NC3=O)c(F)c2)C1. The molecular weight excluding hydrogens is 808 g/mol. The zero-order valence-corrected chi connectivity index (χ0v) is 37.2. The number of carbonyl (C=O) groups is 4. The third-order valence-corrected chi connectivity index (χ3v) is 13.3. The fourth-order valence-electron chi connectivity index (χ4n) is 10.0. The minimum absolute atomic E-state index is 0.0677. The minimum Gasteiger partial charge on any atom is -0.490 e. The molecule has 4 amide bonds. The summed E-state index contributed by atoms with van der Waals surface area (Å²) in [7, 11) is 1.68. The minimum atomic E-state index is -0.903. The van der Waals surface area contributed by atoms with Crippen LogP contribution in [0.1, 0.15) is 90.8 Å². The Hall–Kier alpha value is -5.56. The normalized spacial score (nSPS) is 24.9. The fraction of sp³-hybridized carbons (Fsp3) is 0.521. The van der Waals surface area contributed by atoms with Crippen molar-refractivity contribution in [2.75, 3.05) is 51.4 Å². The van der Waals surface area contributed by atoms with Gasteiger partial charge in [-0.15, -0.1) is 0 Å². The highest BCUT2D eigenvalue weighted by atomic mass is 19.1. The van der Waals surface area contributed by atoms with Crippen LogP contribution in [0.3, 0.4) is 0 Å². The van der Waals surface area contributed by atoms with Crippen molar-refractivity contribution in [3.8, 4) is 17.6 Å². The largest absolute Gasteiger partial charge is 0.490 e. The number of nitriles is 1. The van der Waals surface area contributed by atoms with Gasteiger partial charge in [-0.1, -0.05) is 27.7 Å². The van der Waals surface area contributed by atoms with Gasteiger partial charge in [0.05, 0.1) is 36.5 Å². The molecule has 2 saturated carbocycles. The van der Waals surface area contributed by atoms with Gasteiger partial charge in [0.15, 0.2) is 0 Å². The quantitative estimate of drug-likeness (QED) is 0.171. The molecule has 2 atom stereocenters. The van der Waals surface area contributed by atoms with Crippen molar-refractivity contribution in [1.29, 1.82) is 5.26 Å². The fourth-order valence-corrected chi connectivity index (χ4v) is 10.0. The summed E-state index contributed by atoms with van der Waals surface area (Å²) in [5.74, 6) is -1.60. The summed E-state index contributed by atoms with van der Waals surface area (Å²) in [6, 6.07) is 17.1. The van der Waals surface area contributed by atoms with Gasteiger partial charge in [0, 0.05) is 92.8 Å². The van der Waals surface area contributed by atoms with Crippen molar-refractivity contribution in [3.05, 3.63) is 88.2 Å². The van der Waals surface area contributed by atoms with E-state index in [1.54, 1.807) is 13.2 Å². The Morgan fingerprint density at radius 2 is 1.67 bits per heavy atom. The molecule has 7 rings (SSSR count). The van der Waals surface area contributed by atoms with E-state index in [1.807, 2.05) is 50.2 Å². The Kier molecular flexibility index (Phi) is 13.5. The highest BCUT2D eigenvalue weighted by molar-refractivity contribution is 6.03. The predicted molar refractivity (Wildman–Crippen MR) is 233 cm³/mol. The Balaban J connectivity index is 0.895. The van der Waals surface area contributed by atoms with Crippen LogP contribution < -0.4 is 30.3 Å². The van der Waals surface area contributed by atoms with E-state index in [-0.39, 0.29) is 65.5 Å². The molecule has 4 fully saturated rings. The molecule has 2 aliphatic heterocycles. The molecule has 0 radical (unpaired) electrons. The number of anilines is 1. The van der Waals surface area contributed by atoms with Crippen molar-refractivity contribution in [2.24, 2.45) is 10.8 Å². The molecule has 3 aromatic rings. The first kappa shape index (κ1) is 45.5. The molecule has 15 heteroatoms. The van der Waals surface area contributed by atoms with Crippen LogP contribution in [0, 0.1) is 41.8 Å². The third-order valence-electron chi connectivity index (χ3n) is 13.3. The first-order valence-electron chi connectivity index (χ1n) is 21.8. The second-order valence-electron chi connectivity index (χ2n) is 18.5. The Morgan fingerprint density at radius 3 is 2.30 bits per heavy atom. The average molecular weight is 867 g/mol. The van der Waals surface area contributed by atoms with E-state index in [9.17, 15) is 24.4 Å². The maximum absolute atomic E-state index is 15.1. The molecule has 3 N–H and O–H groups in total. The van der Waals surface area contributed by atoms with Crippen LogP contribution in [-0.4, -0.2) is 111 Å². The number of nitrogens with zero attached hydrogens (tertiary/aromatic N) is 3. The summed E-state index contributed by atoms with van der Waals surface area (Å²) in [5.41, 5.74) is 3.11. The van der Waals surface area contributed by atoms with Gasteiger partial charge in [0.1, 0.15) is 35.6 Å². The number of rotatable bonds is 15. The molecule has 2 saturated heterocycles. The van der Waals surface area contributed by atoms with Crippen molar-refractivity contribution >= 4 is 29.3 Å². The second-order valence-corrected chi connectivity index (χ2v) is 18.5. The molecule has 0 bridgehead atoms. The molecule has 2 aliphatic carbocycles. The number of imide groups is 1. The van der Waals surface area contributed by atoms with E-state index < -0.39 is 29.6 Å². The highest BCUT2D eigenvalue weighted by Crippen LogP contribution is 2.55. The molecule has 3 aromatic carbocycles. The standard InChI is InChI=1S/C48H59FN6O8/c1-28-20-34(21-29(2)38(28)25-50)63-46-47(3,4)45(48(46,5)6)53-42(57)30-8-10-31(11-9-30)54-17-19-61-36(26-54)27-55(16-18-60-7)32-22-35(23-32)62-33-12-13-37(39(49)24-33)43(58)51-40-14-15-41(56)52-44(40)59/h8-13,20-21,24,32,35-36,40,45-46H,14-19,22-23,26-27H2,1-7H3,(H,51,58)(H,53,57)(H,52,56,59)/t32-,35+,36-,40-,45-,46-/m0/s1. The number of aryl methyl sites for hydroxylation is 2. The van der Waals surface area contributed by atoms with Crippen molar-refractivity contribution < 1.29 is 42.5 Å². The molecule has 336 valence electrons. The van der Waals surface area contributed by atoms with Gasteiger partial charge >= 0.3 is 0 Å². The predicted octanol–water partition coefficient (Wildman–Crippen LogP) is 5.22. The smallest absolute Gasteiger partial charge is 0.254 e. The van der Waals surface area contributed by atoms with E-state index in [4.69, 9.17) is 18.9 Å². The van der Waals surface area contributed by atoms with Crippen LogP contribution in [0.4, 0.5) is 10.1 Å². The number of morpholine rings is 1. The Bertz CT molecular complexity index is 2210. The summed E-state index contributed by atoms with van der Waals surface area (Å²) in [6.45, 7) is 16.2. The summed E-state index contributed by atoms with van der Waals surface area (Å²) in [6.07, 6.45) is 1.35. The molecule has 0 aromatic heterocycles. The van der Waals surface area contributed by atoms with E-state index in [1.165, 1.54) is 12.1 Å². The zero-order valence-electron chi connectivity index (χ0n) is 37.2. The van der Waals surface area contributed by atoms with E-state index in [0.717, 1.165) is 42.0 Å². The third kappa shape index (κ3) is 9.83. The monoisotopic (exact) mass is 866 g/mol. The number of amides is 4. The van der Waals surface area contributed by atoms with Gasteiger partial charge in [-0.05, 0) is 79.9 Å². The van der Waals surface area contributed by atoms with Crippen LogP contribution in [0.25, 0.3) is 0 Å². The molecule has 0 spiro atoms. The highest BCUT2D eigenvalue weighted by Gasteiger charge is 2.64. The number of hydrogen-bond donors (Lipinski definition) is 3. The lowest BCUT2D eigenvalue weighted by atomic mass is 9.49. The van der Waals surface area contributed by atoms with Crippen molar-refractivity contribution in [2.45, 2.75) is 104 Å². The number of halogens is 1. The topological polar surface area (TPSA) is 172 Å². The summed E-state index contributed by atoms with van der Waals surface area (Å²) >= 11 is 0. The summed E-state index contributed by atoms with van der Waals surface area (Å²) in [4.78, 5) is 54.5. The van der Waals surface area contributed by atoms with Gasteiger partial charge in [0.2, 0.25) is 11.8 Å². The van der Waals surface area contributed by atoms with Crippen molar-refractivity contribution in [1.82, 2.24) is 20.9 Å². The second kappa shape index (κ2) is 18.7. The van der Waals surface area contributed by atoms with Crippen LogP contribution in [0.5, 0.6) is 11.5 Å². The number of ether oxygens (including phenoxy) is 4. The average Bonchev–Trinajstić information content (AvgIpc) is 3.22. The van der Waals surface area contributed by atoms with Gasteiger partial charge < -0.3 is 34.5 Å². The molecule has 63 heavy (non-hydrogen) atoms. The molecule has 2 heterocycles. The lowest BCUT2D eigenvalue weighted by molar-refractivity contribution is -0.164. The first-order chi connectivity index (χ1) is 30.0. The molecule has 0 unspecified atom stereocenters. The lowest BCUT2D eigenvalue weighted by Crippen LogP contribution is -2.74. The number of methoxy groups -OCH3 is 1. The number of carbonyl (C=O) groups excluding carboxylic acids is 4. The van der Waals surface area contributed by atoms with Crippen LogP contribution in [-0.2, 0) is 19.1 Å². The van der Waals surface area contributed by atoms with E-state index in [2.05, 4.69) is 59.5 Å². The summed E-state index contributed by atoms with van der Waals surface area (Å²) < 4.78 is 39.4. The van der Waals surface area contributed by atoms with E-state index >= 15 is 4.39 Å². The van der Waals surface area contributed by atoms with Crippen LogP contribution in [0.15, 0.2) is 54.6 Å². The van der Waals surface area contributed by atoms with Gasteiger partial charge in [0.25, 0.3) is 11.8 Å². The van der Waals surface area contributed by atoms with Gasteiger partial charge in [-0.2, -0.15) is 5.26 Å². The number of benzene rings is 3. The van der Waals surface area contributed by atoms with Gasteiger partial charge in [-0.3, -0.25) is 29.4 Å². The van der Waals surface area contributed by atoms with E-state index in [0.29, 0.717) is 49.7 Å². The first-order valence-corrected chi connectivity index (χ1v) is 21.8.